The number of benzene rings is 1. The molecule has 1 unspecified atom stereocenters. The first-order valence-corrected chi connectivity index (χ1v) is 6.84. The molecule has 90 valence electrons. The third-order valence-electron chi connectivity index (χ3n) is 2.36. The number of aryl methyl sites for hydroxylation is 1. The zero-order valence-electron chi connectivity index (χ0n) is 9.81. The van der Waals surface area contributed by atoms with Crippen LogP contribution in [0.15, 0.2) is 29.6 Å². The van der Waals surface area contributed by atoms with Crippen molar-refractivity contribution in [1.82, 2.24) is 4.98 Å². The zero-order valence-corrected chi connectivity index (χ0v) is 11.4. The number of ether oxygens (including phenoxy) is 1. The topological polar surface area (TPSA) is 22.1 Å². The average Bonchev–Trinajstić information content (AvgIpc) is 2.77. The first kappa shape index (κ1) is 12.4. The zero-order chi connectivity index (χ0) is 12.3. The molecule has 0 aliphatic carbocycles. The molecule has 0 aliphatic rings. The average molecular weight is 268 g/mol. The van der Waals surface area contributed by atoms with Gasteiger partial charge in [-0.05, 0) is 31.5 Å². The van der Waals surface area contributed by atoms with Crippen molar-refractivity contribution in [1.29, 1.82) is 0 Å². The molecule has 4 heteroatoms. The van der Waals surface area contributed by atoms with E-state index < -0.39 is 0 Å². The number of aromatic nitrogens is 1. The van der Waals surface area contributed by atoms with Crippen LogP contribution >= 0.6 is 22.9 Å². The molecule has 0 fully saturated rings. The highest BCUT2D eigenvalue weighted by molar-refractivity contribution is 7.09. The second-order valence-corrected chi connectivity index (χ2v) is 5.04. The number of nitrogens with zero attached hydrogens (tertiary/aromatic N) is 1. The molecule has 0 saturated heterocycles. The summed E-state index contributed by atoms with van der Waals surface area (Å²) < 4.78 is 5.84. The molecule has 1 aromatic heterocycles. The summed E-state index contributed by atoms with van der Waals surface area (Å²) in [7, 11) is 0. The van der Waals surface area contributed by atoms with Crippen LogP contribution in [0.1, 0.15) is 29.3 Å². The highest BCUT2D eigenvalue weighted by atomic mass is 35.5. The van der Waals surface area contributed by atoms with Gasteiger partial charge in [0.1, 0.15) is 16.9 Å². The Morgan fingerprint density at radius 1 is 1.47 bits per heavy atom. The summed E-state index contributed by atoms with van der Waals surface area (Å²) >= 11 is 7.31. The molecule has 2 rings (SSSR count). The van der Waals surface area contributed by atoms with Crippen molar-refractivity contribution < 1.29 is 4.74 Å². The van der Waals surface area contributed by atoms with E-state index in [0.29, 0.717) is 5.88 Å². The van der Waals surface area contributed by atoms with Crippen LogP contribution in [0.4, 0.5) is 0 Å². The lowest BCUT2D eigenvalue weighted by molar-refractivity contribution is 0.226. The van der Waals surface area contributed by atoms with E-state index in [0.717, 1.165) is 16.5 Å². The van der Waals surface area contributed by atoms with Gasteiger partial charge in [0.15, 0.2) is 0 Å². The largest absolute Gasteiger partial charge is 0.484 e. The van der Waals surface area contributed by atoms with Crippen LogP contribution in [0.3, 0.4) is 0 Å². The van der Waals surface area contributed by atoms with E-state index in [9.17, 15) is 0 Å². The minimum Gasteiger partial charge on any atom is -0.484 e. The van der Waals surface area contributed by atoms with Gasteiger partial charge in [0, 0.05) is 5.38 Å². The number of rotatable bonds is 4. The normalized spacial score (nSPS) is 12.4. The van der Waals surface area contributed by atoms with Gasteiger partial charge in [0.2, 0.25) is 0 Å². The van der Waals surface area contributed by atoms with E-state index in [1.54, 1.807) is 11.3 Å². The summed E-state index contributed by atoms with van der Waals surface area (Å²) in [6.07, 6.45) is -0.0428. The van der Waals surface area contributed by atoms with Crippen molar-refractivity contribution in [3.05, 3.63) is 45.9 Å². The lowest BCUT2D eigenvalue weighted by atomic mass is 10.2. The van der Waals surface area contributed by atoms with Gasteiger partial charge >= 0.3 is 0 Å². The van der Waals surface area contributed by atoms with Crippen LogP contribution in [-0.2, 0) is 5.88 Å². The minimum atomic E-state index is -0.0428. The van der Waals surface area contributed by atoms with Crippen molar-refractivity contribution in [2.24, 2.45) is 0 Å². The quantitative estimate of drug-likeness (QED) is 0.769. The third kappa shape index (κ3) is 3.20. The van der Waals surface area contributed by atoms with Gasteiger partial charge in [-0.3, -0.25) is 0 Å². The van der Waals surface area contributed by atoms with Crippen LogP contribution in [0.5, 0.6) is 5.75 Å². The number of hydrogen-bond acceptors (Lipinski definition) is 3. The molecule has 0 saturated carbocycles. The Bertz CT molecular complexity index is 498. The number of alkyl halides is 1. The van der Waals surface area contributed by atoms with Crippen molar-refractivity contribution in [3.8, 4) is 5.75 Å². The summed E-state index contributed by atoms with van der Waals surface area (Å²) in [5.74, 6) is 1.33. The molecule has 0 N–H and O–H groups in total. The van der Waals surface area contributed by atoms with Gasteiger partial charge in [-0.15, -0.1) is 22.9 Å². The van der Waals surface area contributed by atoms with Crippen LogP contribution in [-0.4, -0.2) is 4.98 Å². The number of halogens is 1. The first-order chi connectivity index (χ1) is 8.19. The minimum absolute atomic E-state index is 0.0428. The van der Waals surface area contributed by atoms with Crippen molar-refractivity contribution >= 4 is 22.9 Å². The van der Waals surface area contributed by atoms with E-state index in [-0.39, 0.29) is 6.10 Å². The predicted octanol–water partition coefficient (Wildman–Crippen LogP) is 4.33. The Morgan fingerprint density at radius 2 is 2.29 bits per heavy atom. The fourth-order valence-electron chi connectivity index (χ4n) is 1.51. The number of thiazole rings is 1. The lowest BCUT2D eigenvalue weighted by Crippen LogP contribution is -2.02. The van der Waals surface area contributed by atoms with Crippen molar-refractivity contribution in [3.63, 3.8) is 0 Å². The molecule has 0 radical (unpaired) electrons. The molecule has 0 amide bonds. The molecule has 17 heavy (non-hydrogen) atoms. The maximum atomic E-state index is 5.84. The van der Waals surface area contributed by atoms with Crippen LogP contribution < -0.4 is 4.74 Å². The molecule has 1 heterocycles. The van der Waals surface area contributed by atoms with Gasteiger partial charge < -0.3 is 4.74 Å². The van der Waals surface area contributed by atoms with Gasteiger partial charge in [-0.2, -0.15) is 0 Å². The standard InChI is InChI=1S/C13H14ClNOS/c1-9-4-3-5-12(6-9)16-10(2)13-15-11(7-14)8-17-13/h3-6,8,10H,7H2,1-2H3. The molecule has 1 atom stereocenters. The van der Waals surface area contributed by atoms with E-state index in [1.165, 1.54) is 5.56 Å². The maximum Gasteiger partial charge on any atom is 0.147 e. The molecule has 0 aliphatic heterocycles. The van der Waals surface area contributed by atoms with Crippen molar-refractivity contribution in [2.45, 2.75) is 25.8 Å². The molecule has 0 spiro atoms. The van der Waals surface area contributed by atoms with Gasteiger partial charge in [-0.25, -0.2) is 4.98 Å². The molecule has 2 nitrogen and oxygen atoms in total. The van der Waals surface area contributed by atoms with Crippen LogP contribution in [0, 0.1) is 6.92 Å². The highest BCUT2D eigenvalue weighted by Gasteiger charge is 2.11. The van der Waals surface area contributed by atoms with E-state index >= 15 is 0 Å². The van der Waals surface area contributed by atoms with Crippen LogP contribution in [0.25, 0.3) is 0 Å². The highest BCUT2D eigenvalue weighted by Crippen LogP contribution is 2.25. The Hall–Kier alpha value is -1.06. The summed E-state index contributed by atoms with van der Waals surface area (Å²) in [4.78, 5) is 4.41. The second kappa shape index (κ2) is 5.52. The smallest absolute Gasteiger partial charge is 0.147 e. The van der Waals surface area contributed by atoms with E-state index in [2.05, 4.69) is 4.98 Å². The maximum absolute atomic E-state index is 5.84. The van der Waals surface area contributed by atoms with E-state index in [4.69, 9.17) is 16.3 Å². The summed E-state index contributed by atoms with van der Waals surface area (Å²) in [6.45, 7) is 4.05. The van der Waals surface area contributed by atoms with Gasteiger partial charge in [0.25, 0.3) is 0 Å². The predicted molar refractivity (Wildman–Crippen MR) is 71.9 cm³/mol. The monoisotopic (exact) mass is 267 g/mol. The molecular formula is C13H14ClNOS. The Labute approximate surface area is 110 Å². The lowest BCUT2D eigenvalue weighted by Gasteiger charge is -2.12. The van der Waals surface area contributed by atoms with Crippen LogP contribution in [0.2, 0.25) is 0 Å². The molecule has 2 aromatic rings. The Balaban J connectivity index is 2.08. The molecular weight excluding hydrogens is 254 g/mol. The van der Waals surface area contributed by atoms with Gasteiger partial charge in [0.05, 0.1) is 11.6 Å². The van der Waals surface area contributed by atoms with Gasteiger partial charge in [-0.1, -0.05) is 12.1 Å². The summed E-state index contributed by atoms with van der Waals surface area (Å²) in [6, 6.07) is 8.02. The first-order valence-electron chi connectivity index (χ1n) is 5.42. The third-order valence-corrected chi connectivity index (χ3v) is 3.69. The molecule has 0 bridgehead atoms. The fraction of sp³-hybridized carbons (Fsp3) is 0.308. The summed E-state index contributed by atoms with van der Waals surface area (Å²) in [5, 5.41) is 2.93. The fourth-order valence-corrected chi connectivity index (χ4v) is 2.54. The SMILES string of the molecule is Cc1cccc(OC(C)c2nc(CCl)cs2)c1. The van der Waals surface area contributed by atoms with Crippen molar-refractivity contribution in [2.75, 3.05) is 0 Å². The summed E-state index contributed by atoms with van der Waals surface area (Å²) in [5.41, 5.74) is 2.10. The second-order valence-electron chi connectivity index (χ2n) is 3.89. The van der Waals surface area contributed by atoms with E-state index in [1.807, 2.05) is 43.5 Å². The number of hydrogen-bond donors (Lipinski definition) is 0. The Morgan fingerprint density at radius 3 is 2.94 bits per heavy atom. The molecule has 1 aromatic carbocycles. The Kier molecular flexibility index (Phi) is 4.02.